The van der Waals surface area contributed by atoms with Gasteiger partial charge < -0.3 is 9.84 Å². The quantitative estimate of drug-likeness (QED) is 0.888. The molecule has 0 unspecified atom stereocenters. The Morgan fingerprint density at radius 2 is 1.78 bits per heavy atom. The number of methoxy groups -OCH3 is 1. The van der Waals surface area contributed by atoms with E-state index in [1.165, 1.54) is 18.4 Å². The van der Waals surface area contributed by atoms with Gasteiger partial charge in [-0.05, 0) is 43.4 Å². The Morgan fingerprint density at radius 3 is 2.28 bits per heavy atom. The zero-order valence-electron chi connectivity index (χ0n) is 10.9. The Balaban J connectivity index is 1.77. The van der Waals surface area contributed by atoms with Gasteiger partial charge in [-0.25, -0.2) is 0 Å². The molecule has 1 saturated heterocycles. The highest BCUT2D eigenvalue weighted by molar-refractivity contribution is 5.35. The van der Waals surface area contributed by atoms with Crippen molar-refractivity contribution in [2.75, 3.05) is 20.2 Å². The molecule has 2 fully saturated rings. The number of rotatable bonds is 3. The van der Waals surface area contributed by atoms with Crippen molar-refractivity contribution >= 4 is 0 Å². The zero-order valence-corrected chi connectivity index (χ0v) is 10.9. The van der Waals surface area contributed by atoms with E-state index in [9.17, 15) is 5.11 Å². The minimum atomic E-state index is -0.0899. The van der Waals surface area contributed by atoms with Gasteiger partial charge in [-0.15, -0.1) is 0 Å². The van der Waals surface area contributed by atoms with Crippen molar-refractivity contribution in [1.82, 2.24) is 4.90 Å². The molecule has 98 valence electrons. The van der Waals surface area contributed by atoms with Crippen LogP contribution >= 0.6 is 0 Å². The molecule has 1 aromatic carbocycles. The highest BCUT2D eigenvalue weighted by Gasteiger charge is 2.49. The number of nitrogens with zero attached hydrogens (tertiary/aromatic N) is 1. The number of piperidine rings is 1. The van der Waals surface area contributed by atoms with Gasteiger partial charge in [0.1, 0.15) is 5.75 Å². The van der Waals surface area contributed by atoms with Crippen LogP contribution in [-0.4, -0.2) is 36.3 Å². The SMILES string of the molecule is COc1ccc(C2(N3CCC(O)CC3)CC2)cc1. The maximum atomic E-state index is 9.61. The molecule has 3 heteroatoms. The van der Waals surface area contributed by atoms with Crippen LogP contribution in [0.1, 0.15) is 31.2 Å². The monoisotopic (exact) mass is 247 g/mol. The van der Waals surface area contributed by atoms with Gasteiger partial charge in [0.05, 0.1) is 13.2 Å². The Kier molecular flexibility index (Phi) is 3.04. The van der Waals surface area contributed by atoms with E-state index in [-0.39, 0.29) is 11.6 Å². The third kappa shape index (κ3) is 2.02. The molecule has 3 rings (SSSR count). The first-order chi connectivity index (χ1) is 8.74. The fraction of sp³-hybridized carbons (Fsp3) is 0.600. The smallest absolute Gasteiger partial charge is 0.118 e. The van der Waals surface area contributed by atoms with Crippen LogP contribution < -0.4 is 4.74 Å². The maximum Gasteiger partial charge on any atom is 0.118 e. The third-order valence-electron chi connectivity index (χ3n) is 4.42. The van der Waals surface area contributed by atoms with Crippen LogP contribution in [0.4, 0.5) is 0 Å². The standard InChI is InChI=1S/C15H21NO2/c1-18-14-4-2-12(3-5-14)15(8-9-15)16-10-6-13(17)7-11-16/h2-5,13,17H,6-11H2,1H3. The molecule has 1 aromatic rings. The molecule has 0 radical (unpaired) electrons. The molecule has 18 heavy (non-hydrogen) atoms. The Labute approximate surface area is 108 Å². The van der Waals surface area contributed by atoms with E-state index < -0.39 is 0 Å². The Bertz CT molecular complexity index is 403. The third-order valence-corrected chi connectivity index (χ3v) is 4.42. The minimum absolute atomic E-state index is 0.0899. The summed E-state index contributed by atoms with van der Waals surface area (Å²) in [7, 11) is 1.70. The van der Waals surface area contributed by atoms with Gasteiger partial charge in [-0.2, -0.15) is 0 Å². The first-order valence-electron chi connectivity index (χ1n) is 6.82. The predicted molar refractivity (Wildman–Crippen MR) is 70.7 cm³/mol. The van der Waals surface area contributed by atoms with E-state index in [4.69, 9.17) is 4.74 Å². The van der Waals surface area contributed by atoms with E-state index in [0.29, 0.717) is 0 Å². The van der Waals surface area contributed by atoms with E-state index in [0.717, 1.165) is 31.7 Å². The number of hydrogen-bond acceptors (Lipinski definition) is 3. The van der Waals surface area contributed by atoms with Crippen molar-refractivity contribution < 1.29 is 9.84 Å². The van der Waals surface area contributed by atoms with Crippen molar-refractivity contribution in [2.45, 2.75) is 37.3 Å². The fourth-order valence-corrected chi connectivity index (χ4v) is 3.10. The molecule has 1 N–H and O–H groups in total. The number of benzene rings is 1. The predicted octanol–water partition coefficient (Wildman–Crippen LogP) is 2.14. The molecule has 1 aliphatic heterocycles. The largest absolute Gasteiger partial charge is 0.497 e. The lowest BCUT2D eigenvalue weighted by Gasteiger charge is -2.37. The lowest BCUT2D eigenvalue weighted by Crippen LogP contribution is -2.42. The number of ether oxygens (including phenoxy) is 1. The van der Waals surface area contributed by atoms with Crippen molar-refractivity contribution in [3.05, 3.63) is 29.8 Å². The molecule has 1 heterocycles. The molecular weight excluding hydrogens is 226 g/mol. The zero-order chi connectivity index (χ0) is 12.6. The number of aliphatic hydroxyl groups excluding tert-OH is 1. The molecule has 1 saturated carbocycles. The topological polar surface area (TPSA) is 32.7 Å². The van der Waals surface area contributed by atoms with Crippen LogP contribution in [0.5, 0.6) is 5.75 Å². The summed E-state index contributed by atoms with van der Waals surface area (Å²) in [5, 5.41) is 9.61. The second-order valence-electron chi connectivity index (χ2n) is 5.48. The highest BCUT2D eigenvalue weighted by Crippen LogP contribution is 2.51. The van der Waals surface area contributed by atoms with Gasteiger partial charge in [0.2, 0.25) is 0 Å². The molecule has 0 spiro atoms. The number of likely N-dealkylation sites (tertiary alicyclic amines) is 1. The lowest BCUT2D eigenvalue weighted by atomic mass is 9.98. The molecule has 0 atom stereocenters. The van der Waals surface area contributed by atoms with Crippen LogP contribution in [0.15, 0.2) is 24.3 Å². The average Bonchev–Trinajstić information content (AvgIpc) is 3.21. The van der Waals surface area contributed by atoms with Crippen LogP contribution in [0.3, 0.4) is 0 Å². The van der Waals surface area contributed by atoms with Crippen LogP contribution in [0.25, 0.3) is 0 Å². The van der Waals surface area contributed by atoms with E-state index in [1.807, 2.05) is 12.1 Å². The summed E-state index contributed by atoms with van der Waals surface area (Å²) in [5.41, 5.74) is 1.66. The van der Waals surface area contributed by atoms with Gasteiger partial charge in [0.15, 0.2) is 0 Å². The van der Waals surface area contributed by atoms with Gasteiger partial charge in [0, 0.05) is 18.6 Å². The van der Waals surface area contributed by atoms with E-state index in [2.05, 4.69) is 17.0 Å². The summed E-state index contributed by atoms with van der Waals surface area (Å²) in [6.45, 7) is 2.04. The molecule has 3 nitrogen and oxygen atoms in total. The van der Waals surface area contributed by atoms with Crippen LogP contribution in [0, 0.1) is 0 Å². The number of hydrogen-bond donors (Lipinski definition) is 1. The molecule has 0 bridgehead atoms. The minimum Gasteiger partial charge on any atom is -0.497 e. The maximum absolute atomic E-state index is 9.61. The first-order valence-corrected chi connectivity index (χ1v) is 6.82. The second-order valence-corrected chi connectivity index (χ2v) is 5.48. The van der Waals surface area contributed by atoms with Gasteiger partial charge in [0.25, 0.3) is 0 Å². The average molecular weight is 247 g/mol. The van der Waals surface area contributed by atoms with Gasteiger partial charge >= 0.3 is 0 Å². The molecular formula is C15H21NO2. The van der Waals surface area contributed by atoms with E-state index >= 15 is 0 Å². The van der Waals surface area contributed by atoms with Crippen LogP contribution in [-0.2, 0) is 5.54 Å². The summed E-state index contributed by atoms with van der Waals surface area (Å²) in [5.74, 6) is 0.920. The highest BCUT2D eigenvalue weighted by atomic mass is 16.5. The van der Waals surface area contributed by atoms with Gasteiger partial charge in [-0.3, -0.25) is 4.90 Å². The summed E-state index contributed by atoms with van der Waals surface area (Å²) in [6, 6.07) is 8.48. The first kappa shape index (κ1) is 12.0. The Morgan fingerprint density at radius 1 is 1.17 bits per heavy atom. The van der Waals surface area contributed by atoms with Crippen molar-refractivity contribution in [3.8, 4) is 5.75 Å². The van der Waals surface area contributed by atoms with Crippen molar-refractivity contribution in [3.63, 3.8) is 0 Å². The van der Waals surface area contributed by atoms with Crippen molar-refractivity contribution in [2.24, 2.45) is 0 Å². The van der Waals surface area contributed by atoms with Crippen molar-refractivity contribution in [1.29, 1.82) is 0 Å². The summed E-state index contributed by atoms with van der Waals surface area (Å²) >= 11 is 0. The van der Waals surface area contributed by atoms with Crippen LogP contribution in [0.2, 0.25) is 0 Å². The van der Waals surface area contributed by atoms with E-state index in [1.54, 1.807) is 7.11 Å². The molecule has 0 aromatic heterocycles. The molecule has 0 amide bonds. The Hall–Kier alpha value is -1.06. The summed E-state index contributed by atoms with van der Waals surface area (Å²) in [4.78, 5) is 2.56. The summed E-state index contributed by atoms with van der Waals surface area (Å²) < 4.78 is 5.22. The summed E-state index contributed by atoms with van der Waals surface area (Å²) in [6.07, 6.45) is 4.23. The van der Waals surface area contributed by atoms with Gasteiger partial charge in [-0.1, -0.05) is 12.1 Å². The normalized spacial score (nSPS) is 23.9. The lowest BCUT2D eigenvalue weighted by molar-refractivity contribution is 0.0522. The second kappa shape index (κ2) is 4.56. The molecule has 1 aliphatic carbocycles. The fourth-order valence-electron chi connectivity index (χ4n) is 3.10. The molecule has 2 aliphatic rings. The number of aliphatic hydroxyl groups is 1.